The van der Waals surface area contributed by atoms with E-state index in [1.807, 2.05) is 36.4 Å². The molecule has 0 saturated heterocycles. The smallest absolute Gasteiger partial charge is 0.129 e. The minimum absolute atomic E-state index is 0.300. The van der Waals surface area contributed by atoms with E-state index in [9.17, 15) is 0 Å². The van der Waals surface area contributed by atoms with Crippen molar-refractivity contribution in [1.82, 2.24) is 5.32 Å². The molecule has 0 heterocycles. The van der Waals surface area contributed by atoms with Gasteiger partial charge in [-0.05, 0) is 22.6 Å². The van der Waals surface area contributed by atoms with Crippen molar-refractivity contribution in [1.29, 1.82) is 0 Å². The monoisotopic (exact) mass is 371 g/mol. The molecule has 0 aliphatic rings. The second-order valence-corrected chi connectivity index (χ2v) is 7.18. The Morgan fingerprint density at radius 3 is 2.04 bits per heavy atom. The summed E-state index contributed by atoms with van der Waals surface area (Å²) < 4.78 is 0. The van der Waals surface area contributed by atoms with Crippen molar-refractivity contribution in [3.05, 3.63) is 96.1 Å². The van der Waals surface area contributed by atoms with Gasteiger partial charge in [-0.25, -0.2) is 0 Å². The summed E-state index contributed by atoms with van der Waals surface area (Å²) in [4.78, 5) is 4.86. The van der Waals surface area contributed by atoms with Crippen LogP contribution >= 0.6 is 0 Å². The first kappa shape index (κ1) is 19.8. The molecule has 3 heteroatoms. The third-order valence-electron chi connectivity index (χ3n) is 4.97. The molecule has 0 aliphatic heterocycles. The number of nitrogens with one attached hydrogen (secondary N) is 1. The Labute approximate surface area is 168 Å². The Kier molecular flexibility index (Phi) is 6.99. The van der Waals surface area contributed by atoms with E-state index in [2.05, 4.69) is 67.7 Å². The molecule has 2 unspecified atom stereocenters. The molecular formula is C25H29N3. The molecule has 0 aliphatic carbocycles. The van der Waals surface area contributed by atoms with E-state index < -0.39 is 0 Å². The van der Waals surface area contributed by atoms with E-state index >= 15 is 0 Å². The van der Waals surface area contributed by atoms with Crippen LogP contribution in [0.3, 0.4) is 0 Å². The van der Waals surface area contributed by atoms with E-state index in [-0.39, 0.29) is 6.17 Å². The van der Waals surface area contributed by atoms with Gasteiger partial charge in [0.15, 0.2) is 0 Å². The summed E-state index contributed by atoms with van der Waals surface area (Å²) in [5.74, 6) is 1.38. The summed E-state index contributed by atoms with van der Waals surface area (Å²) >= 11 is 0. The zero-order valence-electron chi connectivity index (χ0n) is 16.7. The second-order valence-electron chi connectivity index (χ2n) is 7.18. The highest BCUT2D eigenvalue weighted by atomic mass is 15.1. The van der Waals surface area contributed by atoms with Gasteiger partial charge in [-0.1, -0.05) is 105 Å². The van der Waals surface area contributed by atoms with E-state index in [0.29, 0.717) is 5.92 Å². The highest BCUT2D eigenvalue weighted by molar-refractivity contribution is 5.99. The molecule has 3 rings (SSSR count). The lowest BCUT2D eigenvalue weighted by atomic mass is 10.0. The van der Waals surface area contributed by atoms with Crippen LogP contribution in [0, 0.1) is 5.92 Å². The van der Waals surface area contributed by atoms with Gasteiger partial charge in [-0.2, -0.15) is 0 Å². The van der Waals surface area contributed by atoms with Gasteiger partial charge in [0.25, 0.3) is 0 Å². The molecule has 0 aromatic heterocycles. The van der Waals surface area contributed by atoms with Crippen LogP contribution in [0.2, 0.25) is 0 Å². The molecular weight excluding hydrogens is 342 g/mol. The van der Waals surface area contributed by atoms with Gasteiger partial charge < -0.3 is 11.1 Å². The van der Waals surface area contributed by atoms with Gasteiger partial charge in [-0.3, -0.25) is 4.99 Å². The Balaban J connectivity index is 1.84. The van der Waals surface area contributed by atoms with E-state index in [4.69, 9.17) is 10.7 Å². The standard InChI is InChI=1S/C25H29N3/c1-3-19(2)18-27-25(28-24(26)22-12-8-5-9-13-22)23-16-14-21(15-17-23)20-10-6-4-7-11-20/h4-17,19,24H,3,18,26H2,1-2H3,(H,27,28). The predicted molar refractivity (Wildman–Crippen MR) is 119 cm³/mol. The Hall–Kier alpha value is -2.91. The summed E-state index contributed by atoms with van der Waals surface area (Å²) in [7, 11) is 0. The summed E-state index contributed by atoms with van der Waals surface area (Å²) in [5.41, 5.74) is 10.9. The number of aliphatic imine (C=N–C) groups is 1. The highest BCUT2D eigenvalue weighted by Crippen LogP contribution is 2.20. The number of nitrogens with two attached hydrogens (primary N) is 1. The van der Waals surface area contributed by atoms with Gasteiger partial charge in [0.05, 0.1) is 0 Å². The average Bonchev–Trinajstić information content (AvgIpc) is 2.77. The van der Waals surface area contributed by atoms with Gasteiger partial charge in [-0.15, -0.1) is 0 Å². The van der Waals surface area contributed by atoms with Crippen molar-refractivity contribution >= 4 is 5.84 Å². The maximum absolute atomic E-state index is 6.40. The minimum Gasteiger partial charge on any atom is -0.351 e. The third kappa shape index (κ3) is 5.30. The fourth-order valence-electron chi connectivity index (χ4n) is 2.94. The van der Waals surface area contributed by atoms with Crippen molar-refractivity contribution < 1.29 is 0 Å². The molecule has 3 aromatic carbocycles. The zero-order valence-corrected chi connectivity index (χ0v) is 16.7. The first-order valence-electron chi connectivity index (χ1n) is 9.94. The van der Waals surface area contributed by atoms with Gasteiger partial charge in [0.2, 0.25) is 0 Å². The minimum atomic E-state index is -0.300. The van der Waals surface area contributed by atoms with Crippen molar-refractivity contribution in [3.63, 3.8) is 0 Å². The third-order valence-corrected chi connectivity index (χ3v) is 4.97. The lowest BCUT2D eigenvalue weighted by Crippen LogP contribution is -2.35. The van der Waals surface area contributed by atoms with Crippen LogP contribution in [0.5, 0.6) is 0 Å². The van der Waals surface area contributed by atoms with Crippen LogP contribution < -0.4 is 11.1 Å². The number of hydrogen-bond acceptors (Lipinski definition) is 2. The summed E-state index contributed by atoms with van der Waals surface area (Å²) in [5, 5.41) is 3.42. The highest BCUT2D eigenvalue weighted by Gasteiger charge is 2.11. The van der Waals surface area contributed by atoms with Crippen LogP contribution in [-0.2, 0) is 0 Å². The first-order chi connectivity index (χ1) is 13.7. The van der Waals surface area contributed by atoms with Crippen molar-refractivity contribution in [2.45, 2.75) is 26.4 Å². The largest absolute Gasteiger partial charge is 0.351 e. The molecule has 28 heavy (non-hydrogen) atoms. The molecule has 3 aromatic rings. The van der Waals surface area contributed by atoms with Crippen molar-refractivity contribution in [2.24, 2.45) is 16.6 Å². The number of hydrogen-bond donors (Lipinski definition) is 2. The normalized spacial score (nSPS) is 13.8. The Morgan fingerprint density at radius 2 is 1.43 bits per heavy atom. The summed E-state index contributed by atoms with van der Waals surface area (Å²) in [6.45, 7) is 5.19. The summed E-state index contributed by atoms with van der Waals surface area (Å²) in [6.07, 6.45) is 0.805. The molecule has 0 radical (unpaired) electrons. The molecule has 0 spiro atoms. The molecule has 0 amide bonds. The SMILES string of the molecule is CCC(C)CN=C(NC(N)c1ccccc1)c1ccc(-c2ccccc2)cc1. The molecule has 0 fully saturated rings. The molecule has 0 bridgehead atoms. The Bertz CT molecular complexity index is 871. The first-order valence-corrected chi connectivity index (χ1v) is 9.94. The Morgan fingerprint density at radius 1 is 0.857 bits per heavy atom. The fourth-order valence-corrected chi connectivity index (χ4v) is 2.94. The predicted octanol–water partition coefficient (Wildman–Crippen LogP) is 5.39. The van der Waals surface area contributed by atoms with E-state index in [0.717, 1.165) is 29.9 Å². The molecule has 2 atom stereocenters. The molecule has 3 N–H and O–H groups in total. The maximum atomic E-state index is 6.40. The molecule has 3 nitrogen and oxygen atoms in total. The summed E-state index contributed by atoms with van der Waals surface area (Å²) in [6, 6.07) is 29.0. The maximum Gasteiger partial charge on any atom is 0.129 e. The van der Waals surface area contributed by atoms with Crippen LogP contribution in [0.15, 0.2) is 89.9 Å². The fraction of sp³-hybridized carbons (Fsp3) is 0.240. The van der Waals surface area contributed by atoms with Crippen LogP contribution in [0.1, 0.15) is 37.6 Å². The van der Waals surface area contributed by atoms with Gasteiger partial charge in [0.1, 0.15) is 12.0 Å². The van der Waals surface area contributed by atoms with E-state index in [1.54, 1.807) is 0 Å². The lowest BCUT2D eigenvalue weighted by molar-refractivity contribution is 0.573. The van der Waals surface area contributed by atoms with Crippen LogP contribution in [-0.4, -0.2) is 12.4 Å². The number of benzene rings is 3. The topological polar surface area (TPSA) is 50.4 Å². The number of rotatable bonds is 7. The number of amidine groups is 1. The average molecular weight is 372 g/mol. The molecule has 0 saturated carbocycles. The van der Waals surface area contributed by atoms with Crippen LogP contribution in [0.25, 0.3) is 11.1 Å². The van der Waals surface area contributed by atoms with E-state index in [1.165, 1.54) is 11.1 Å². The van der Waals surface area contributed by atoms with Crippen molar-refractivity contribution in [2.75, 3.05) is 6.54 Å². The lowest BCUT2D eigenvalue weighted by Gasteiger charge is -2.19. The van der Waals surface area contributed by atoms with Gasteiger partial charge >= 0.3 is 0 Å². The molecule has 144 valence electrons. The number of nitrogens with zero attached hydrogens (tertiary/aromatic N) is 1. The zero-order chi connectivity index (χ0) is 19.8. The van der Waals surface area contributed by atoms with Gasteiger partial charge in [0, 0.05) is 12.1 Å². The van der Waals surface area contributed by atoms with Crippen molar-refractivity contribution in [3.8, 4) is 11.1 Å². The van der Waals surface area contributed by atoms with Crippen LogP contribution in [0.4, 0.5) is 0 Å². The quantitative estimate of drug-likeness (QED) is 0.332. The second kappa shape index (κ2) is 9.86.